The van der Waals surface area contributed by atoms with Gasteiger partial charge in [-0.3, -0.25) is 10.1 Å². The highest BCUT2D eigenvalue weighted by Gasteiger charge is 2.23. The van der Waals surface area contributed by atoms with Crippen LogP contribution >= 0.6 is 0 Å². The van der Waals surface area contributed by atoms with Crippen LogP contribution in [-0.2, 0) is 6.42 Å². The number of non-ortho nitro benzene ring substituents is 1. The minimum absolute atomic E-state index is 0.0109. The molecule has 0 saturated carbocycles. The number of fused-ring (bicyclic) bond motifs is 2. The first-order chi connectivity index (χ1) is 12.7. The van der Waals surface area contributed by atoms with E-state index in [1.54, 1.807) is 12.1 Å². The summed E-state index contributed by atoms with van der Waals surface area (Å²) in [6.07, 6.45) is 0.400. The molecular weight excluding hydrogens is 340 g/mol. The number of hydrogen-bond donors (Lipinski definition) is 0. The van der Waals surface area contributed by atoms with E-state index in [9.17, 15) is 15.0 Å². The molecule has 2 aliphatic rings. The molecule has 0 N–H and O–H groups in total. The second-order valence-corrected chi connectivity index (χ2v) is 5.75. The molecule has 0 bridgehead atoms. The van der Waals surface area contributed by atoms with E-state index in [0.29, 0.717) is 34.9 Å². The maximum absolute atomic E-state index is 10.9. The molecule has 2 aromatic rings. The molecule has 130 valence electrons. The van der Waals surface area contributed by atoms with Crippen LogP contribution in [0.5, 0.6) is 11.5 Å². The third-order valence-corrected chi connectivity index (χ3v) is 4.14. The highest BCUT2D eigenvalue weighted by atomic mass is 16.7. The Kier molecular flexibility index (Phi) is 3.88. The monoisotopic (exact) mass is 352 g/mol. The van der Waals surface area contributed by atoms with Gasteiger partial charge in [0.2, 0.25) is 6.79 Å². The van der Waals surface area contributed by atoms with Gasteiger partial charge in [-0.2, -0.15) is 10.0 Å². The Morgan fingerprint density at radius 3 is 2.54 bits per heavy atom. The molecule has 0 aromatic heterocycles. The molecule has 0 aliphatic carbocycles. The first-order valence-corrected chi connectivity index (χ1v) is 7.76. The van der Waals surface area contributed by atoms with Gasteiger partial charge in [-0.05, 0) is 29.8 Å². The molecule has 4 rings (SSSR count). The Hall–Kier alpha value is -3.62. The van der Waals surface area contributed by atoms with Gasteiger partial charge in [0, 0.05) is 29.7 Å². The molecule has 0 saturated heterocycles. The van der Waals surface area contributed by atoms with E-state index in [1.807, 2.05) is 12.1 Å². The Bertz CT molecular complexity index is 966. The lowest BCUT2D eigenvalue weighted by atomic mass is 9.94. The van der Waals surface area contributed by atoms with Crippen LogP contribution in [0.25, 0.3) is 0 Å². The van der Waals surface area contributed by atoms with E-state index >= 15 is 0 Å². The average molecular weight is 352 g/mol. The third kappa shape index (κ3) is 2.79. The van der Waals surface area contributed by atoms with Crippen molar-refractivity contribution >= 4 is 17.1 Å². The fourth-order valence-electron chi connectivity index (χ4n) is 2.90. The fraction of sp³-hybridized carbons (Fsp3) is 0.176. The quantitative estimate of drug-likeness (QED) is 0.476. The summed E-state index contributed by atoms with van der Waals surface area (Å²) in [5, 5.41) is 22.2. The maximum Gasteiger partial charge on any atom is 0.269 e. The van der Waals surface area contributed by atoms with Crippen molar-refractivity contribution < 1.29 is 14.4 Å². The number of nitro benzene ring substituents is 1. The zero-order valence-electron chi connectivity index (χ0n) is 13.4. The van der Waals surface area contributed by atoms with Gasteiger partial charge in [-0.25, -0.2) is 0 Å². The van der Waals surface area contributed by atoms with Crippen LogP contribution in [0.2, 0.25) is 0 Å². The van der Waals surface area contributed by atoms with E-state index in [0.717, 1.165) is 11.1 Å². The molecule has 0 unspecified atom stereocenters. The Labute approximate surface area is 147 Å². The zero-order valence-corrected chi connectivity index (χ0v) is 13.4. The maximum atomic E-state index is 10.9. The minimum Gasteiger partial charge on any atom is -0.454 e. The number of ether oxygens (including phenoxy) is 2. The number of nitroso groups, excluding NO2 is 1. The number of nitrogens with zero attached hydrogens (tertiary/aromatic N) is 4. The molecule has 2 aromatic carbocycles. The number of benzene rings is 2. The van der Waals surface area contributed by atoms with Crippen LogP contribution in [0.3, 0.4) is 0 Å². The lowest BCUT2D eigenvalue weighted by Crippen LogP contribution is -2.09. The lowest BCUT2D eigenvalue weighted by molar-refractivity contribution is -0.384. The molecule has 2 aliphatic heterocycles. The Morgan fingerprint density at radius 1 is 1.12 bits per heavy atom. The first-order valence-electron chi connectivity index (χ1n) is 7.76. The van der Waals surface area contributed by atoms with Gasteiger partial charge < -0.3 is 9.47 Å². The van der Waals surface area contributed by atoms with Gasteiger partial charge in [0.25, 0.3) is 5.69 Å². The molecular formula is C17H12N4O5. The number of hydrogen-bond acceptors (Lipinski definition) is 8. The third-order valence-electron chi connectivity index (χ3n) is 4.14. The smallest absolute Gasteiger partial charge is 0.269 e. The van der Waals surface area contributed by atoms with Crippen molar-refractivity contribution in [3.63, 3.8) is 0 Å². The summed E-state index contributed by atoms with van der Waals surface area (Å²) < 4.78 is 10.9. The van der Waals surface area contributed by atoms with Crippen LogP contribution in [0.4, 0.5) is 5.69 Å². The number of rotatable bonds is 4. The average Bonchev–Trinajstić information content (AvgIpc) is 3.02. The molecule has 2 heterocycles. The van der Waals surface area contributed by atoms with Crippen molar-refractivity contribution in [2.24, 2.45) is 15.4 Å². The van der Waals surface area contributed by atoms with Crippen LogP contribution in [0.1, 0.15) is 16.7 Å². The van der Waals surface area contributed by atoms with E-state index < -0.39 is 4.92 Å². The SMILES string of the molecule is O=NCC1=NN=C(c2ccc([N+](=O)[O-])cc2)c2cc3c(cc2C1)OCO3. The predicted octanol–water partition coefficient (Wildman–Crippen LogP) is 2.84. The summed E-state index contributed by atoms with van der Waals surface area (Å²) in [6, 6.07) is 9.70. The topological polar surface area (TPSA) is 116 Å². The molecule has 0 atom stereocenters. The molecule has 26 heavy (non-hydrogen) atoms. The summed E-state index contributed by atoms with van der Waals surface area (Å²) in [6.45, 7) is 0.0734. The van der Waals surface area contributed by atoms with Crippen LogP contribution < -0.4 is 9.47 Å². The lowest BCUT2D eigenvalue weighted by Gasteiger charge is -2.11. The van der Waals surface area contributed by atoms with Gasteiger partial charge in [0.1, 0.15) is 12.3 Å². The Balaban J connectivity index is 1.84. The summed E-state index contributed by atoms with van der Waals surface area (Å²) in [4.78, 5) is 21.1. The second kappa shape index (κ2) is 6.36. The molecule has 0 fully saturated rings. The van der Waals surface area contributed by atoms with Crippen molar-refractivity contribution in [3.8, 4) is 11.5 Å². The van der Waals surface area contributed by atoms with E-state index in [2.05, 4.69) is 15.4 Å². The zero-order chi connectivity index (χ0) is 18.1. The Morgan fingerprint density at radius 2 is 1.85 bits per heavy atom. The van der Waals surface area contributed by atoms with Gasteiger partial charge in [-0.1, -0.05) is 5.18 Å². The molecule has 9 nitrogen and oxygen atoms in total. The molecule has 9 heteroatoms. The second-order valence-electron chi connectivity index (χ2n) is 5.75. The summed E-state index contributed by atoms with van der Waals surface area (Å²) in [7, 11) is 0. The van der Waals surface area contributed by atoms with Crippen molar-refractivity contribution in [2.45, 2.75) is 6.42 Å². The van der Waals surface area contributed by atoms with E-state index in [-0.39, 0.29) is 19.0 Å². The molecule has 0 spiro atoms. The highest BCUT2D eigenvalue weighted by Crippen LogP contribution is 2.36. The van der Waals surface area contributed by atoms with E-state index in [4.69, 9.17) is 9.47 Å². The largest absolute Gasteiger partial charge is 0.454 e. The van der Waals surface area contributed by atoms with Crippen molar-refractivity contribution in [1.29, 1.82) is 0 Å². The predicted molar refractivity (Wildman–Crippen MR) is 93.1 cm³/mol. The van der Waals surface area contributed by atoms with E-state index in [1.165, 1.54) is 12.1 Å². The van der Waals surface area contributed by atoms with Gasteiger partial charge in [-0.15, -0.1) is 5.10 Å². The summed E-state index contributed by atoms with van der Waals surface area (Å²) >= 11 is 0. The summed E-state index contributed by atoms with van der Waals surface area (Å²) in [5.74, 6) is 1.21. The molecule has 0 radical (unpaired) electrons. The van der Waals surface area contributed by atoms with Crippen LogP contribution in [-0.4, -0.2) is 29.7 Å². The first kappa shape index (κ1) is 15.9. The van der Waals surface area contributed by atoms with Gasteiger partial charge in [0.05, 0.1) is 10.6 Å². The van der Waals surface area contributed by atoms with Crippen molar-refractivity contribution in [3.05, 3.63) is 68.1 Å². The van der Waals surface area contributed by atoms with Crippen molar-refractivity contribution in [1.82, 2.24) is 0 Å². The van der Waals surface area contributed by atoms with Gasteiger partial charge in [0.15, 0.2) is 11.5 Å². The normalized spacial score (nSPS) is 14.8. The van der Waals surface area contributed by atoms with Gasteiger partial charge >= 0.3 is 0 Å². The number of nitro groups is 1. The van der Waals surface area contributed by atoms with Crippen molar-refractivity contribution in [2.75, 3.05) is 13.3 Å². The fourth-order valence-corrected chi connectivity index (χ4v) is 2.90. The standard InChI is InChI=1S/C17H12N4O5/c22-18-8-12-5-11-6-15-16(26-9-25-15)7-14(11)17(20-19-12)10-1-3-13(4-2-10)21(23)24/h1-4,6-7H,5,8-9H2. The van der Waals surface area contributed by atoms with Crippen LogP contribution in [0, 0.1) is 15.0 Å². The molecule has 0 amide bonds. The summed E-state index contributed by atoms with van der Waals surface area (Å²) in [5.41, 5.74) is 3.35. The highest BCUT2D eigenvalue weighted by molar-refractivity contribution is 6.15. The minimum atomic E-state index is -0.462. The van der Waals surface area contributed by atoms with Crippen LogP contribution in [0.15, 0.2) is 51.8 Å².